The highest BCUT2D eigenvalue weighted by Crippen LogP contribution is 2.37. The minimum absolute atomic E-state index is 0.160. The molecule has 2 unspecified atom stereocenters. The van der Waals surface area contributed by atoms with E-state index in [-0.39, 0.29) is 11.9 Å². The summed E-state index contributed by atoms with van der Waals surface area (Å²) < 4.78 is 0. The molecule has 3 nitrogen and oxygen atoms in total. The topological polar surface area (TPSA) is 46.3 Å². The molecule has 1 heterocycles. The van der Waals surface area contributed by atoms with E-state index in [1.165, 1.54) is 12.8 Å². The van der Waals surface area contributed by atoms with Crippen molar-refractivity contribution in [1.82, 2.24) is 4.90 Å². The van der Waals surface area contributed by atoms with Gasteiger partial charge < -0.3 is 10.6 Å². The maximum Gasteiger partial charge on any atom is 0.239 e. The van der Waals surface area contributed by atoms with Crippen molar-refractivity contribution >= 4 is 5.91 Å². The number of nitrogens with two attached hydrogens (primary N) is 1. The van der Waals surface area contributed by atoms with Crippen molar-refractivity contribution in [3.63, 3.8) is 0 Å². The van der Waals surface area contributed by atoms with Crippen LogP contribution in [-0.2, 0) is 4.79 Å². The molecule has 2 N–H and O–H groups in total. The first-order chi connectivity index (χ1) is 6.18. The standard InChI is InChI=1S/C10H18N2O/c1-7(8-2-3-8)6-12-5-4-9(11)10(12)13/h7-9H,2-6,11H2,1H3. The lowest BCUT2D eigenvalue weighted by molar-refractivity contribution is -0.129. The van der Waals surface area contributed by atoms with Crippen LogP contribution in [-0.4, -0.2) is 29.9 Å². The molecule has 0 radical (unpaired) electrons. The van der Waals surface area contributed by atoms with E-state index < -0.39 is 0 Å². The van der Waals surface area contributed by atoms with Crippen LogP contribution >= 0.6 is 0 Å². The first kappa shape index (κ1) is 9.00. The van der Waals surface area contributed by atoms with Gasteiger partial charge >= 0.3 is 0 Å². The average Bonchev–Trinajstić information content (AvgIpc) is 2.89. The zero-order valence-corrected chi connectivity index (χ0v) is 8.20. The zero-order valence-electron chi connectivity index (χ0n) is 8.20. The molecule has 0 aromatic carbocycles. The van der Waals surface area contributed by atoms with Gasteiger partial charge in [0, 0.05) is 13.1 Å². The van der Waals surface area contributed by atoms with Crippen LogP contribution < -0.4 is 5.73 Å². The fourth-order valence-corrected chi connectivity index (χ4v) is 2.11. The van der Waals surface area contributed by atoms with Crippen LogP contribution in [0.1, 0.15) is 26.2 Å². The molecule has 2 atom stereocenters. The Balaban J connectivity index is 1.84. The molecule has 2 rings (SSSR count). The SMILES string of the molecule is CC(CN1CCC(N)C1=O)C1CC1. The molecule has 2 aliphatic rings. The Morgan fingerprint density at radius 2 is 2.23 bits per heavy atom. The summed E-state index contributed by atoms with van der Waals surface area (Å²) in [6.07, 6.45) is 3.56. The van der Waals surface area contributed by atoms with Crippen molar-refractivity contribution in [3.8, 4) is 0 Å². The maximum absolute atomic E-state index is 11.5. The Morgan fingerprint density at radius 1 is 1.54 bits per heavy atom. The lowest BCUT2D eigenvalue weighted by Crippen LogP contribution is -2.36. The third-order valence-electron chi connectivity index (χ3n) is 3.27. The van der Waals surface area contributed by atoms with Gasteiger partial charge in [0.05, 0.1) is 6.04 Å². The van der Waals surface area contributed by atoms with Crippen molar-refractivity contribution in [3.05, 3.63) is 0 Å². The molecule has 2 fully saturated rings. The fraction of sp³-hybridized carbons (Fsp3) is 0.900. The van der Waals surface area contributed by atoms with Gasteiger partial charge in [0.1, 0.15) is 0 Å². The normalized spacial score (nSPS) is 31.1. The van der Waals surface area contributed by atoms with E-state index in [0.717, 1.165) is 25.4 Å². The Labute approximate surface area is 79.3 Å². The number of hydrogen-bond donors (Lipinski definition) is 1. The van der Waals surface area contributed by atoms with Gasteiger partial charge in [-0.25, -0.2) is 0 Å². The second kappa shape index (κ2) is 3.29. The van der Waals surface area contributed by atoms with E-state index >= 15 is 0 Å². The summed E-state index contributed by atoms with van der Waals surface area (Å²) in [6, 6.07) is -0.216. The third kappa shape index (κ3) is 1.85. The monoisotopic (exact) mass is 182 g/mol. The molecule has 0 aromatic rings. The van der Waals surface area contributed by atoms with E-state index in [0.29, 0.717) is 5.92 Å². The summed E-state index contributed by atoms with van der Waals surface area (Å²) >= 11 is 0. The lowest BCUT2D eigenvalue weighted by atomic mass is 10.1. The van der Waals surface area contributed by atoms with E-state index in [2.05, 4.69) is 6.92 Å². The van der Waals surface area contributed by atoms with Gasteiger partial charge in [-0.1, -0.05) is 6.92 Å². The molecule has 74 valence electrons. The summed E-state index contributed by atoms with van der Waals surface area (Å²) in [4.78, 5) is 13.4. The molecule has 0 spiro atoms. The molecule has 1 saturated carbocycles. The van der Waals surface area contributed by atoms with Crippen molar-refractivity contribution < 1.29 is 4.79 Å². The molecule has 1 aliphatic carbocycles. The Hall–Kier alpha value is -0.570. The number of likely N-dealkylation sites (tertiary alicyclic amines) is 1. The minimum Gasteiger partial charge on any atom is -0.341 e. The van der Waals surface area contributed by atoms with E-state index in [1.54, 1.807) is 0 Å². The second-order valence-corrected chi connectivity index (χ2v) is 4.49. The highest BCUT2D eigenvalue weighted by atomic mass is 16.2. The van der Waals surface area contributed by atoms with Gasteiger partial charge in [-0.3, -0.25) is 4.79 Å². The quantitative estimate of drug-likeness (QED) is 0.694. The third-order valence-corrected chi connectivity index (χ3v) is 3.27. The molecular weight excluding hydrogens is 164 g/mol. The minimum atomic E-state index is -0.216. The Kier molecular flexibility index (Phi) is 2.28. The van der Waals surface area contributed by atoms with Crippen molar-refractivity contribution in [2.45, 2.75) is 32.2 Å². The van der Waals surface area contributed by atoms with Crippen LogP contribution in [0.4, 0.5) is 0 Å². The van der Waals surface area contributed by atoms with Gasteiger partial charge in [-0.2, -0.15) is 0 Å². The Bertz CT molecular complexity index is 213. The van der Waals surface area contributed by atoms with Crippen molar-refractivity contribution in [2.24, 2.45) is 17.6 Å². The molecular formula is C10H18N2O. The van der Waals surface area contributed by atoms with Crippen molar-refractivity contribution in [2.75, 3.05) is 13.1 Å². The highest BCUT2D eigenvalue weighted by Gasteiger charge is 2.34. The van der Waals surface area contributed by atoms with Crippen LogP contribution in [0.25, 0.3) is 0 Å². The molecule has 0 aromatic heterocycles. The van der Waals surface area contributed by atoms with Gasteiger partial charge in [0.2, 0.25) is 5.91 Å². The van der Waals surface area contributed by atoms with E-state index in [1.807, 2.05) is 4.90 Å². The number of carbonyl (C=O) groups excluding carboxylic acids is 1. The van der Waals surface area contributed by atoms with E-state index in [4.69, 9.17) is 5.73 Å². The van der Waals surface area contributed by atoms with Gasteiger partial charge in [0.15, 0.2) is 0 Å². The molecule has 1 saturated heterocycles. The van der Waals surface area contributed by atoms with E-state index in [9.17, 15) is 4.79 Å². The highest BCUT2D eigenvalue weighted by molar-refractivity contribution is 5.83. The van der Waals surface area contributed by atoms with Crippen LogP contribution in [0.15, 0.2) is 0 Å². The number of carbonyl (C=O) groups is 1. The molecule has 0 bridgehead atoms. The van der Waals surface area contributed by atoms with Gasteiger partial charge in [-0.15, -0.1) is 0 Å². The predicted molar refractivity (Wildman–Crippen MR) is 51.1 cm³/mol. The number of hydrogen-bond acceptors (Lipinski definition) is 2. The van der Waals surface area contributed by atoms with Crippen LogP contribution in [0.3, 0.4) is 0 Å². The van der Waals surface area contributed by atoms with Crippen molar-refractivity contribution in [1.29, 1.82) is 0 Å². The summed E-state index contributed by atoms with van der Waals surface area (Å²) in [6.45, 7) is 4.04. The summed E-state index contributed by atoms with van der Waals surface area (Å²) in [5, 5.41) is 0. The summed E-state index contributed by atoms with van der Waals surface area (Å²) in [5.74, 6) is 1.71. The number of rotatable bonds is 3. The Morgan fingerprint density at radius 3 is 2.69 bits per heavy atom. The number of nitrogens with zero attached hydrogens (tertiary/aromatic N) is 1. The van der Waals surface area contributed by atoms with Crippen LogP contribution in [0.2, 0.25) is 0 Å². The summed E-state index contributed by atoms with van der Waals surface area (Å²) in [5.41, 5.74) is 5.64. The average molecular weight is 182 g/mol. The molecule has 3 heteroatoms. The smallest absolute Gasteiger partial charge is 0.239 e. The zero-order chi connectivity index (χ0) is 9.42. The largest absolute Gasteiger partial charge is 0.341 e. The first-order valence-electron chi connectivity index (χ1n) is 5.23. The molecule has 1 amide bonds. The molecule has 1 aliphatic heterocycles. The first-order valence-corrected chi connectivity index (χ1v) is 5.23. The fourth-order valence-electron chi connectivity index (χ4n) is 2.11. The van der Waals surface area contributed by atoms with Gasteiger partial charge in [-0.05, 0) is 31.1 Å². The van der Waals surface area contributed by atoms with Crippen LogP contribution in [0.5, 0.6) is 0 Å². The predicted octanol–water partition coefficient (Wildman–Crippen LogP) is 0.592. The lowest BCUT2D eigenvalue weighted by Gasteiger charge is -2.20. The number of amides is 1. The van der Waals surface area contributed by atoms with Crippen LogP contribution in [0, 0.1) is 11.8 Å². The summed E-state index contributed by atoms with van der Waals surface area (Å²) in [7, 11) is 0. The second-order valence-electron chi connectivity index (χ2n) is 4.49. The molecule has 13 heavy (non-hydrogen) atoms. The van der Waals surface area contributed by atoms with Gasteiger partial charge in [0.25, 0.3) is 0 Å². The maximum atomic E-state index is 11.5.